The van der Waals surface area contributed by atoms with Gasteiger partial charge in [0.25, 0.3) is 0 Å². The second-order valence-corrected chi connectivity index (χ2v) is 8.66. The highest BCUT2D eigenvalue weighted by Crippen LogP contribution is 2.28. The number of hydrogen-bond donors (Lipinski definition) is 0. The number of ether oxygens (including phenoxy) is 2. The second kappa shape index (κ2) is 8.85. The van der Waals surface area contributed by atoms with Crippen LogP contribution in [-0.4, -0.2) is 12.9 Å². The van der Waals surface area contributed by atoms with Gasteiger partial charge in [-0.25, -0.2) is 0 Å². The summed E-state index contributed by atoms with van der Waals surface area (Å²) in [4.78, 5) is 12.9. The summed E-state index contributed by atoms with van der Waals surface area (Å²) < 4.78 is 12.1. The van der Waals surface area contributed by atoms with Gasteiger partial charge in [0.05, 0.1) is 16.3 Å². The SMILES string of the molecule is COc1ccc(/C=C/C(=O)c2ccc(Cl)s2)cc1COc1ccc2c(c1)CCC2. The third-order valence-electron chi connectivity index (χ3n) is 5.01. The van der Waals surface area contributed by atoms with Crippen LogP contribution in [-0.2, 0) is 19.4 Å². The number of halogens is 1. The number of carbonyl (C=O) groups is 1. The Labute approximate surface area is 179 Å². The van der Waals surface area contributed by atoms with Crippen LogP contribution in [0.1, 0.15) is 38.3 Å². The van der Waals surface area contributed by atoms with E-state index in [0.29, 0.717) is 15.8 Å². The van der Waals surface area contributed by atoms with Gasteiger partial charge in [0, 0.05) is 5.56 Å². The molecule has 0 aliphatic heterocycles. The first-order chi connectivity index (χ1) is 14.1. The second-order valence-electron chi connectivity index (χ2n) is 6.95. The highest BCUT2D eigenvalue weighted by Gasteiger charge is 2.12. The number of aryl methyl sites for hydroxylation is 2. The van der Waals surface area contributed by atoms with Crippen molar-refractivity contribution in [2.24, 2.45) is 0 Å². The molecule has 0 saturated carbocycles. The third kappa shape index (κ3) is 4.72. The monoisotopic (exact) mass is 424 g/mol. The number of methoxy groups -OCH3 is 1. The number of allylic oxidation sites excluding steroid dienone is 1. The quantitative estimate of drug-likeness (QED) is 0.326. The molecule has 148 valence electrons. The number of hydrogen-bond acceptors (Lipinski definition) is 4. The Balaban J connectivity index is 1.47. The Morgan fingerprint density at radius 1 is 1.10 bits per heavy atom. The molecule has 1 aromatic heterocycles. The first kappa shape index (κ1) is 19.7. The zero-order chi connectivity index (χ0) is 20.2. The molecule has 3 aromatic rings. The molecule has 29 heavy (non-hydrogen) atoms. The molecule has 1 heterocycles. The predicted octanol–water partition coefficient (Wildman–Crippen LogP) is 6.37. The molecule has 1 aliphatic carbocycles. The summed E-state index contributed by atoms with van der Waals surface area (Å²) in [5, 5.41) is 0. The topological polar surface area (TPSA) is 35.5 Å². The van der Waals surface area contributed by atoms with Crippen molar-refractivity contribution in [2.45, 2.75) is 25.9 Å². The molecule has 0 unspecified atom stereocenters. The largest absolute Gasteiger partial charge is 0.496 e. The number of benzene rings is 2. The van der Waals surface area contributed by atoms with Crippen molar-refractivity contribution < 1.29 is 14.3 Å². The number of carbonyl (C=O) groups excluding carboxylic acids is 1. The lowest BCUT2D eigenvalue weighted by atomic mass is 10.1. The van der Waals surface area contributed by atoms with Gasteiger partial charge in [-0.05, 0) is 78.4 Å². The molecule has 0 spiro atoms. The van der Waals surface area contributed by atoms with E-state index in [9.17, 15) is 4.79 Å². The van der Waals surface area contributed by atoms with Crippen LogP contribution in [0.3, 0.4) is 0 Å². The van der Waals surface area contributed by atoms with E-state index in [2.05, 4.69) is 12.1 Å². The van der Waals surface area contributed by atoms with E-state index in [1.54, 1.807) is 31.4 Å². The first-order valence-electron chi connectivity index (χ1n) is 9.51. The van der Waals surface area contributed by atoms with Gasteiger partial charge < -0.3 is 9.47 Å². The van der Waals surface area contributed by atoms with Crippen LogP contribution in [0.2, 0.25) is 4.34 Å². The smallest absolute Gasteiger partial charge is 0.195 e. The maximum Gasteiger partial charge on any atom is 0.195 e. The molecule has 5 heteroatoms. The number of rotatable bonds is 7. The molecule has 0 radical (unpaired) electrons. The van der Waals surface area contributed by atoms with Crippen molar-refractivity contribution in [3.8, 4) is 11.5 Å². The van der Waals surface area contributed by atoms with Crippen molar-refractivity contribution >= 4 is 34.8 Å². The van der Waals surface area contributed by atoms with Crippen molar-refractivity contribution in [3.63, 3.8) is 0 Å². The molecular weight excluding hydrogens is 404 g/mol. The van der Waals surface area contributed by atoms with E-state index in [4.69, 9.17) is 21.1 Å². The molecule has 0 N–H and O–H groups in total. The highest BCUT2D eigenvalue weighted by molar-refractivity contribution is 7.18. The van der Waals surface area contributed by atoms with Crippen molar-refractivity contribution in [1.82, 2.24) is 0 Å². The summed E-state index contributed by atoms with van der Waals surface area (Å²) in [6, 6.07) is 15.6. The van der Waals surface area contributed by atoms with Crippen LogP contribution in [0.5, 0.6) is 11.5 Å². The molecule has 4 rings (SSSR count). The average Bonchev–Trinajstić information content (AvgIpc) is 3.38. The van der Waals surface area contributed by atoms with E-state index in [1.165, 1.54) is 28.9 Å². The van der Waals surface area contributed by atoms with E-state index < -0.39 is 0 Å². The van der Waals surface area contributed by atoms with Crippen molar-refractivity contribution in [3.05, 3.63) is 86.1 Å². The lowest BCUT2D eigenvalue weighted by molar-refractivity contribution is 0.105. The van der Waals surface area contributed by atoms with Gasteiger partial charge in [-0.2, -0.15) is 0 Å². The summed E-state index contributed by atoms with van der Waals surface area (Å²) in [7, 11) is 1.65. The maximum absolute atomic E-state index is 12.3. The number of thiophene rings is 1. The summed E-state index contributed by atoms with van der Waals surface area (Å²) in [5.74, 6) is 1.58. The summed E-state index contributed by atoms with van der Waals surface area (Å²) in [5.41, 5.74) is 4.66. The molecule has 0 saturated heterocycles. The van der Waals surface area contributed by atoms with Gasteiger partial charge in [-0.15, -0.1) is 11.3 Å². The van der Waals surface area contributed by atoms with Gasteiger partial charge in [-0.1, -0.05) is 29.8 Å². The molecule has 3 nitrogen and oxygen atoms in total. The molecule has 0 fully saturated rings. The Hall–Kier alpha value is -2.56. The fourth-order valence-corrected chi connectivity index (χ4v) is 4.48. The van der Waals surface area contributed by atoms with Gasteiger partial charge in [-0.3, -0.25) is 4.79 Å². The normalized spacial score (nSPS) is 12.9. The Morgan fingerprint density at radius 3 is 2.76 bits per heavy atom. The van der Waals surface area contributed by atoms with Gasteiger partial charge in [0.1, 0.15) is 18.1 Å². The summed E-state index contributed by atoms with van der Waals surface area (Å²) in [6.45, 7) is 0.401. The Bertz CT molecular complexity index is 1070. The zero-order valence-electron chi connectivity index (χ0n) is 16.1. The average molecular weight is 425 g/mol. The van der Waals surface area contributed by atoms with E-state index in [-0.39, 0.29) is 5.78 Å². The Morgan fingerprint density at radius 2 is 1.97 bits per heavy atom. The van der Waals surface area contributed by atoms with Crippen LogP contribution in [0.4, 0.5) is 0 Å². The number of ketones is 1. The van der Waals surface area contributed by atoms with E-state index in [0.717, 1.165) is 35.5 Å². The van der Waals surface area contributed by atoms with Crippen LogP contribution in [0.15, 0.2) is 54.6 Å². The van der Waals surface area contributed by atoms with Gasteiger partial charge >= 0.3 is 0 Å². The van der Waals surface area contributed by atoms with E-state index >= 15 is 0 Å². The fourth-order valence-electron chi connectivity index (χ4n) is 3.51. The van der Waals surface area contributed by atoms with E-state index in [1.807, 2.05) is 24.3 Å². The lowest BCUT2D eigenvalue weighted by Crippen LogP contribution is -2.00. The maximum atomic E-state index is 12.3. The Kier molecular flexibility index (Phi) is 6.02. The summed E-state index contributed by atoms with van der Waals surface area (Å²) in [6.07, 6.45) is 6.87. The predicted molar refractivity (Wildman–Crippen MR) is 118 cm³/mol. The number of fused-ring (bicyclic) bond motifs is 1. The van der Waals surface area contributed by atoms with Crippen LogP contribution >= 0.6 is 22.9 Å². The van der Waals surface area contributed by atoms with Crippen LogP contribution in [0.25, 0.3) is 6.08 Å². The molecule has 2 aromatic carbocycles. The molecule has 1 aliphatic rings. The highest BCUT2D eigenvalue weighted by atomic mass is 35.5. The zero-order valence-corrected chi connectivity index (χ0v) is 17.7. The molecular formula is C24H21ClO3S. The lowest BCUT2D eigenvalue weighted by Gasteiger charge is -2.12. The van der Waals surface area contributed by atoms with Crippen LogP contribution < -0.4 is 9.47 Å². The first-order valence-corrected chi connectivity index (χ1v) is 10.7. The van der Waals surface area contributed by atoms with Crippen molar-refractivity contribution in [2.75, 3.05) is 7.11 Å². The minimum absolute atomic E-state index is 0.0614. The van der Waals surface area contributed by atoms with Crippen molar-refractivity contribution in [1.29, 1.82) is 0 Å². The van der Waals surface area contributed by atoms with Crippen LogP contribution in [0, 0.1) is 0 Å². The van der Waals surface area contributed by atoms with Gasteiger partial charge in [0.2, 0.25) is 0 Å². The molecule has 0 bridgehead atoms. The third-order valence-corrected chi connectivity index (χ3v) is 6.26. The summed E-state index contributed by atoms with van der Waals surface area (Å²) >= 11 is 7.19. The minimum Gasteiger partial charge on any atom is -0.496 e. The fraction of sp³-hybridized carbons (Fsp3) is 0.208. The minimum atomic E-state index is -0.0614. The van der Waals surface area contributed by atoms with Gasteiger partial charge in [0.15, 0.2) is 5.78 Å². The standard InChI is InChI=1S/C24H21ClO3S/c1-27-22-10-6-16(5-9-21(26)23-11-12-24(25)29-23)13-19(22)15-28-20-8-7-17-3-2-4-18(17)14-20/h5-14H,2-4,15H2,1H3/b9-5+. The molecule has 0 amide bonds. The molecule has 0 atom stereocenters.